The molecule has 1 aliphatic rings. The van der Waals surface area contributed by atoms with Crippen LogP contribution in [-0.4, -0.2) is 35.8 Å². The molecule has 1 heterocycles. The summed E-state index contributed by atoms with van der Waals surface area (Å²) in [6.07, 6.45) is 5.41. The highest BCUT2D eigenvalue weighted by molar-refractivity contribution is 5.94. The quantitative estimate of drug-likeness (QED) is 0.633. The maximum Gasteiger partial charge on any atom is 0.251 e. The minimum absolute atomic E-state index is 0.0275. The third-order valence-corrected chi connectivity index (χ3v) is 4.31. The van der Waals surface area contributed by atoms with Crippen molar-refractivity contribution < 1.29 is 14.0 Å². The van der Waals surface area contributed by atoms with Crippen molar-refractivity contribution in [1.29, 1.82) is 0 Å². The Labute approximate surface area is 159 Å². The Hall–Kier alpha value is -2.86. The fourth-order valence-electron chi connectivity index (χ4n) is 2.75. The average Bonchev–Trinajstić information content (AvgIpc) is 3.33. The molecule has 1 aromatic carbocycles. The molecule has 0 bridgehead atoms. The monoisotopic (exact) mass is 367 g/mol. The van der Waals surface area contributed by atoms with Gasteiger partial charge in [-0.05, 0) is 42.7 Å². The molecule has 1 fully saturated rings. The van der Waals surface area contributed by atoms with Gasteiger partial charge in [0.05, 0.1) is 19.4 Å². The van der Waals surface area contributed by atoms with Crippen LogP contribution in [0.2, 0.25) is 0 Å². The van der Waals surface area contributed by atoms with Crippen LogP contribution in [0.5, 0.6) is 0 Å². The number of carbonyl (C=O) groups is 2. The van der Waals surface area contributed by atoms with E-state index >= 15 is 0 Å². The molecule has 3 rings (SSSR count). The van der Waals surface area contributed by atoms with Gasteiger partial charge in [0.25, 0.3) is 5.91 Å². The normalized spacial score (nSPS) is 13.4. The Morgan fingerprint density at radius 2 is 1.96 bits per heavy atom. The summed E-state index contributed by atoms with van der Waals surface area (Å²) in [4.78, 5) is 26.2. The lowest BCUT2D eigenvalue weighted by Gasteiger charge is -2.21. The van der Waals surface area contributed by atoms with Gasteiger partial charge in [-0.15, -0.1) is 6.58 Å². The molecule has 0 radical (unpaired) electrons. The van der Waals surface area contributed by atoms with E-state index in [1.54, 1.807) is 12.3 Å². The first-order valence-corrected chi connectivity index (χ1v) is 9.16. The van der Waals surface area contributed by atoms with E-state index in [4.69, 9.17) is 4.42 Å². The van der Waals surface area contributed by atoms with Gasteiger partial charge in [0.15, 0.2) is 0 Å². The fourth-order valence-corrected chi connectivity index (χ4v) is 2.75. The predicted octanol–water partition coefficient (Wildman–Crippen LogP) is 2.48. The molecule has 1 aromatic heterocycles. The predicted molar refractivity (Wildman–Crippen MR) is 103 cm³/mol. The third-order valence-electron chi connectivity index (χ3n) is 4.31. The lowest BCUT2D eigenvalue weighted by molar-refractivity contribution is -0.122. The van der Waals surface area contributed by atoms with Crippen molar-refractivity contribution in [3.8, 4) is 0 Å². The average molecular weight is 367 g/mol. The second-order valence-corrected chi connectivity index (χ2v) is 6.76. The van der Waals surface area contributed by atoms with Gasteiger partial charge in [0.1, 0.15) is 5.76 Å². The van der Waals surface area contributed by atoms with E-state index in [2.05, 4.69) is 17.2 Å². The summed E-state index contributed by atoms with van der Waals surface area (Å²) >= 11 is 0. The molecule has 6 heteroatoms. The van der Waals surface area contributed by atoms with Crippen LogP contribution in [0.15, 0.2) is 59.7 Å². The molecule has 2 N–H and O–H groups in total. The molecule has 142 valence electrons. The lowest BCUT2D eigenvalue weighted by atomic mass is 10.1. The van der Waals surface area contributed by atoms with E-state index < -0.39 is 0 Å². The SMILES string of the molecule is C=CCNC(=O)CN(Cc1ccc(C(=O)NC2CC2)cc1)Cc1ccco1. The van der Waals surface area contributed by atoms with Crippen molar-refractivity contribution in [3.63, 3.8) is 0 Å². The molecule has 0 aliphatic heterocycles. The summed E-state index contributed by atoms with van der Waals surface area (Å²) in [5, 5.41) is 5.78. The minimum Gasteiger partial charge on any atom is -0.468 e. The molecular formula is C21H25N3O3. The van der Waals surface area contributed by atoms with Gasteiger partial charge in [0, 0.05) is 24.7 Å². The molecule has 0 saturated heterocycles. The van der Waals surface area contributed by atoms with Gasteiger partial charge in [-0.3, -0.25) is 14.5 Å². The Balaban J connectivity index is 1.61. The van der Waals surface area contributed by atoms with Crippen LogP contribution in [0.4, 0.5) is 0 Å². The second-order valence-electron chi connectivity index (χ2n) is 6.76. The Bertz CT molecular complexity index is 764. The van der Waals surface area contributed by atoms with Crippen molar-refractivity contribution in [2.75, 3.05) is 13.1 Å². The number of amides is 2. The summed E-state index contributed by atoms with van der Waals surface area (Å²) < 4.78 is 5.42. The van der Waals surface area contributed by atoms with Crippen LogP contribution < -0.4 is 10.6 Å². The molecule has 2 aromatic rings. The van der Waals surface area contributed by atoms with Crippen molar-refractivity contribution in [2.24, 2.45) is 0 Å². The zero-order chi connectivity index (χ0) is 19.1. The maximum absolute atomic E-state index is 12.1. The summed E-state index contributed by atoms with van der Waals surface area (Å²) in [5.41, 5.74) is 1.69. The number of furan rings is 1. The number of rotatable bonds is 10. The van der Waals surface area contributed by atoms with E-state index in [1.165, 1.54) is 0 Å². The van der Waals surface area contributed by atoms with Crippen LogP contribution in [0.25, 0.3) is 0 Å². The van der Waals surface area contributed by atoms with Crippen LogP contribution in [0.3, 0.4) is 0 Å². The van der Waals surface area contributed by atoms with E-state index in [0.29, 0.717) is 31.2 Å². The molecule has 0 spiro atoms. The van der Waals surface area contributed by atoms with Crippen molar-refractivity contribution >= 4 is 11.8 Å². The summed E-state index contributed by atoms with van der Waals surface area (Å²) in [6.45, 7) is 5.40. The van der Waals surface area contributed by atoms with Crippen LogP contribution in [-0.2, 0) is 17.9 Å². The number of nitrogens with one attached hydrogen (secondary N) is 2. The summed E-state index contributed by atoms with van der Waals surface area (Å²) in [5.74, 6) is 0.703. The van der Waals surface area contributed by atoms with E-state index in [9.17, 15) is 9.59 Å². The van der Waals surface area contributed by atoms with Gasteiger partial charge in [-0.1, -0.05) is 18.2 Å². The van der Waals surface area contributed by atoms with Gasteiger partial charge in [0.2, 0.25) is 5.91 Å². The summed E-state index contributed by atoms with van der Waals surface area (Å²) in [7, 11) is 0. The number of carbonyl (C=O) groups excluding carboxylic acids is 2. The largest absolute Gasteiger partial charge is 0.468 e. The molecule has 27 heavy (non-hydrogen) atoms. The number of hydrogen-bond acceptors (Lipinski definition) is 4. The van der Waals surface area contributed by atoms with Gasteiger partial charge < -0.3 is 15.1 Å². The van der Waals surface area contributed by atoms with Gasteiger partial charge in [-0.25, -0.2) is 0 Å². The highest BCUT2D eigenvalue weighted by Crippen LogP contribution is 2.19. The number of benzene rings is 1. The zero-order valence-corrected chi connectivity index (χ0v) is 15.3. The standard InChI is InChI=1S/C21H25N3O3/c1-2-11-22-20(25)15-24(14-19-4-3-12-27-19)13-16-5-7-17(8-6-16)21(26)23-18-9-10-18/h2-8,12,18H,1,9-11,13-15H2,(H,22,25)(H,23,26). The van der Waals surface area contributed by atoms with E-state index in [0.717, 1.165) is 24.2 Å². The van der Waals surface area contributed by atoms with E-state index in [-0.39, 0.29) is 18.4 Å². The molecule has 1 saturated carbocycles. The first kappa shape index (κ1) is 18.9. The number of hydrogen-bond donors (Lipinski definition) is 2. The molecule has 1 aliphatic carbocycles. The van der Waals surface area contributed by atoms with Crippen molar-refractivity contribution in [1.82, 2.24) is 15.5 Å². The van der Waals surface area contributed by atoms with Crippen molar-refractivity contribution in [3.05, 3.63) is 72.2 Å². The Morgan fingerprint density at radius 3 is 2.59 bits per heavy atom. The fraction of sp³-hybridized carbons (Fsp3) is 0.333. The molecule has 0 atom stereocenters. The maximum atomic E-state index is 12.1. The first-order chi connectivity index (χ1) is 13.1. The Morgan fingerprint density at radius 1 is 1.19 bits per heavy atom. The highest BCUT2D eigenvalue weighted by atomic mass is 16.3. The van der Waals surface area contributed by atoms with E-state index in [1.807, 2.05) is 41.3 Å². The lowest BCUT2D eigenvalue weighted by Crippen LogP contribution is -2.36. The number of nitrogens with zero attached hydrogens (tertiary/aromatic N) is 1. The second kappa shape index (κ2) is 9.19. The van der Waals surface area contributed by atoms with Crippen LogP contribution >= 0.6 is 0 Å². The van der Waals surface area contributed by atoms with Gasteiger partial charge in [-0.2, -0.15) is 0 Å². The molecule has 6 nitrogen and oxygen atoms in total. The molecule has 0 unspecified atom stereocenters. The van der Waals surface area contributed by atoms with Crippen molar-refractivity contribution in [2.45, 2.75) is 32.0 Å². The third kappa shape index (κ3) is 6.11. The molecular weight excluding hydrogens is 342 g/mol. The van der Waals surface area contributed by atoms with Gasteiger partial charge >= 0.3 is 0 Å². The topological polar surface area (TPSA) is 74.6 Å². The Kier molecular flexibility index (Phi) is 6.44. The van der Waals surface area contributed by atoms with Crippen LogP contribution in [0, 0.1) is 0 Å². The van der Waals surface area contributed by atoms with Crippen LogP contribution in [0.1, 0.15) is 34.5 Å². The first-order valence-electron chi connectivity index (χ1n) is 9.16. The minimum atomic E-state index is -0.0677. The summed E-state index contributed by atoms with van der Waals surface area (Å²) in [6, 6.07) is 11.6. The smallest absolute Gasteiger partial charge is 0.251 e. The molecule has 2 amide bonds. The highest BCUT2D eigenvalue weighted by Gasteiger charge is 2.23. The zero-order valence-electron chi connectivity index (χ0n) is 15.3.